The van der Waals surface area contributed by atoms with Crippen LogP contribution in [0.5, 0.6) is 0 Å². The molecular formula is C10H15N3O2S. The summed E-state index contributed by atoms with van der Waals surface area (Å²) in [6, 6.07) is 3.08. The Labute approximate surface area is 95.5 Å². The smallest absolute Gasteiger partial charge is 0.205 e. The molecule has 0 spiro atoms. The van der Waals surface area contributed by atoms with Crippen molar-refractivity contribution in [2.75, 3.05) is 13.1 Å². The van der Waals surface area contributed by atoms with E-state index in [0.717, 1.165) is 12.8 Å². The van der Waals surface area contributed by atoms with E-state index in [1.807, 2.05) is 0 Å². The second-order valence-electron chi connectivity index (χ2n) is 3.99. The summed E-state index contributed by atoms with van der Waals surface area (Å²) in [5, 5.41) is 7.32. The fourth-order valence-corrected chi connectivity index (χ4v) is 3.32. The number of hydrogen-bond donors (Lipinski definition) is 0. The zero-order valence-electron chi connectivity index (χ0n) is 9.20. The number of rotatable bonds is 3. The second kappa shape index (κ2) is 4.47. The van der Waals surface area contributed by atoms with Crippen LogP contribution in [0.15, 0.2) is 23.4 Å². The highest BCUT2D eigenvalue weighted by atomic mass is 32.2. The van der Waals surface area contributed by atoms with E-state index < -0.39 is 10.0 Å². The van der Waals surface area contributed by atoms with Gasteiger partial charge in [0.25, 0.3) is 10.0 Å². The second-order valence-corrected chi connectivity index (χ2v) is 5.87. The molecule has 5 nitrogen and oxygen atoms in total. The average molecular weight is 241 g/mol. The lowest BCUT2D eigenvalue weighted by molar-refractivity contribution is 0.449. The molecule has 0 radical (unpaired) electrons. The lowest BCUT2D eigenvalue weighted by Crippen LogP contribution is -2.29. The highest BCUT2D eigenvalue weighted by Gasteiger charge is 2.32. The zero-order chi connectivity index (χ0) is 11.6. The molecule has 88 valence electrons. The normalized spacial score (nSPS) is 22.4. The van der Waals surface area contributed by atoms with Gasteiger partial charge in [-0.1, -0.05) is 13.3 Å². The van der Waals surface area contributed by atoms with Gasteiger partial charge in [0.2, 0.25) is 0 Å². The molecule has 0 bridgehead atoms. The van der Waals surface area contributed by atoms with Gasteiger partial charge in [0.1, 0.15) is 0 Å². The molecule has 2 heterocycles. The first-order valence-corrected chi connectivity index (χ1v) is 6.86. The molecule has 1 aromatic heterocycles. The maximum atomic E-state index is 12.1. The van der Waals surface area contributed by atoms with Gasteiger partial charge < -0.3 is 0 Å². The Balaban J connectivity index is 2.21. The predicted octanol–water partition coefficient (Wildman–Crippen LogP) is 0.897. The molecule has 1 fully saturated rings. The summed E-state index contributed by atoms with van der Waals surface area (Å²) in [6.07, 6.45) is 3.43. The van der Waals surface area contributed by atoms with E-state index >= 15 is 0 Å². The van der Waals surface area contributed by atoms with Crippen LogP contribution in [-0.2, 0) is 10.0 Å². The molecule has 16 heavy (non-hydrogen) atoms. The quantitative estimate of drug-likeness (QED) is 0.788. The molecule has 0 aromatic carbocycles. The molecule has 6 heteroatoms. The fraction of sp³-hybridized carbons (Fsp3) is 0.600. The monoisotopic (exact) mass is 241 g/mol. The third-order valence-corrected chi connectivity index (χ3v) is 4.74. The number of aromatic nitrogens is 2. The zero-order valence-corrected chi connectivity index (χ0v) is 10.0. The van der Waals surface area contributed by atoms with Crippen molar-refractivity contribution in [2.24, 2.45) is 5.92 Å². The molecule has 1 saturated heterocycles. The summed E-state index contributed by atoms with van der Waals surface area (Å²) in [6.45, 7) is 3.29. The van der Waals surface area contributed by atoms with E-state index in [-0.39, 0.29) is 5.03 Å². The predicted molar refractivity (Wildman–Crippen MR) is 59.2 cm³/mol. The van der Waals surface area contributed by atoms with Crippen molar-refractivity contribution in [3.05, 3.63) is 18.3 Å². The number of sulfonamides is 1. The van der Waals surface area contributed by atoms with Crippen LogP contribution in [0.25, 0.3) is 0 Å². The van der Waals surface area contributed by atoms with Crippen molar-refractivity contribution in [3.8, 4) is 0 Å². The topological polar surface area (TPSA) is 63.2 Å². The molecule has 0 saturated carbocycles. The Morgan fingerprint density at radius 3 is 2.94 bits per heavy atom. The van der Waals surface area contributed by atoms with Crippen molar-refractivity contribution in [1.82, 2.24) is 14.5 Å². The third-order valence-electron chi connectivity index (χ3n) is 2.98. The average Bonchev–Trinajstić information content (AvgIpc) is 2.79. The highest BCUT2D eigenvalue weighted by molar-refractivity contribution is 7.89. The summed E-state index contributed by atoms with van der Waals surface area (Å²) in [4.78, 5) is 0. The molecule has 1 atom stereocenters. The standard InChI is InChI=1S/C10H15N3O2S/c1-2-9-5-7-13(8-9)16(14,15)10-4-3-6-11-12-10/h3-4,6,9H,2,5,7-8H2,1H3/t9-/m1/s1. The summed E-state index contributed by atoms with van der Waals surface area (Å²) >= 11 is 0. The molecule has 0 unspecified atom stereocenters. The van der Waals surface area contributed by atoms with Crippen molar-refractivity contribution < 1.29 is 8.42 Å². The largest absolute Gasteiger partial charge is 0.262 e. The molecule has 0 N–H and O–H groups in total. The van der Waals surface area contributed by atoms with Crippen LogP contribution in [0.4, 0.5) is 0 Å². The lowest BCUT2D eigenvalue weighted by Gasteiger charge is -2.14. The van der Waals surface area contributed by atoms with Gasteiger partial charge in [-0.2, -0.15) is 9.40 Å². The first kappa shape index (κ1) is 11.5. The Bertz CT molecular complexity index is 446. The van der Waals surface area contributed by atoms with Gasteiger partial charge in [0, 0.05) is 19.3 Å². The van der Waals surface area contributed by atoms with Crippen molar-refractivity contribution in [2.45, 2.75) is 24.8 Å². The van der Waals surface area contributed by atoms with E-state index in [9.17, 15) is 8.42 Å². The van der Waals surface area contributed by atoms with Crippen molar-refractivity contribution in [3.63, 3.8) is 0 Å². The number of nitrogens with zero attached hydrogens (tertiary/aromatic N) is 3. The van der Waals surface area contributed by atoms with Gasteiger partial charge in [-0.15, -0.1) is 5.10 Å². The summed E-state index contributed by atoms with van der Waals surface area (Å²) in [5.74, 6) is 0.478. The van der Waals surface area contributed by atoms with Crippen LogP contribution in [0.1, 0.15) is 19.8 Å². The molecule has 0 amide bonds. The first-order valence-electron chi connectivity index (χ1n) is 5.42. The van der Waals surface area contributed by atoms with E-state index in [0.29, 0.717) is 19.0 Å². The summed E-state index contributed by atoms with van der Waals surface area (Å²) in [7, 11) is -3.42. The lowest BCUT2D eigenvalue weighted by atomic mass is 10.1. The van der Waals surface area contributed by atoms with Crippen LogP contribution >= 0.6 is 0 Å². The molecule has 1 aliphatic heterocycles. The summed E-state index contributed by atoms with van der Waals surface area (Å²) < 4.78 is 25.7. The van der Waals surface area contributed by atoms with Gasteiger partial charge in [-0.25, -0.2) is 8.42 Å². The molecular weight excluding hydrogens is 226 g/mol. The van der Waals surface area contributed by atoms with Gasteiger partial charge in [-0.3, -0.25) is 0 Å². The van der Waals surface area contributed by atoms with E-state index in [1.54, 1.807) is 6.07 Å². The van der Waals surface area contributed by atoms with Gasteiger partial charge >= 0.3 is 0 Å². The van der Waals surface area contributed by atoms with Gasteiger partial charge in [-0.05, 0) is 24.5 Å². The SMILES string of the molecule is CC[C@@H]1CCN(S(=O)(=O)c2cccnn2)C1. The Morgan fingerprint density at radius 2 is 2.38 bits per heavy atom. The third kappa shape index (κ3) is 2.08. The minimum absolute atomic E-state index is 0.0479. The molecule has 1 aliphatic rings. The van der Waals surface area contributed by atoms with Crippen LogP contribution in [-0.4, -0.2) is 36.0 Å². The minimum atomic E-state index is -3.42. The van der Waals surface area contributed by atoms with Crippen LogP contribution in [0.2, 0.25) is 0 Å². The van der Waals surface area contributed by atoms with Crippen LogP contribution < -0.4 is 0 Å². The van der Waals surface area contributed by atoms with Gasteiger partial charge in [0.05, 0.1) is 0 Å². The Morgan fingerprint density at radius 1 is 1.56 bits per heavy atom. The van der Waals surface area contributed by atoms with E-state index in [2.05, 4.69) is 17.1 Å². The van der Waals surface area contributed by atoms with Crippen LogP contribution in [0.3, 0.4) is 0 Å². The van der Waals surface area contributed by atoms with Gasteiger partial charge in [0.15, 0.2) is 5.03 Å². The first-order chi connectivity index (χ1) is 7.64. The maximum Gasteiger partial charge on any atom is 0.262 e. The Kier molecular flexibility index (Phi) is 3.20. The minimum Gasteiger partial charge on any atom is -0.205 e. The molecule has 2 rings (SSSR count). The molecule has 1 aromatic rings. The van der Waals surface area contributed by atoms with E-state index in [4.69, 9.17) is 0 Å². The van der Waals surface area contributed by atoms with Crippen molar-refractivity contribution in [1.29, 1.82) is 0 Å². The van der Waals surface area contributed by atoms with Crippen LogP contribution in [0, 0.1) is 5.92 Å². The Hall–Kier alpha value is -1.01. The van der Waals surface area contributed by atoms with E-state index in [1.165, 1.54) is 16.6 Å². The fourth-order valence-electron chi connectivity index (χ4n) is 1.91. The summed E-state index contributed by atoms with van der Waals surface area (Å²) in [5.41, 5.74) is 0. The maximum absolute atomic E-state index is 12.1. The highest BCUT2D eigenvalue weighted by Crippen LogP contribution is 2.24. The molecule has 0 aliphatic carbocycles. The van der Waals surface area contributed by atoms with Crippen molar-refractivity contribution >= 4 is 10.0 Å². The number of hydrogen-bond acceptors (Lipinski definition) is 4.